The molecule has 3 aromatic rings. The van der Waals surface area contributed by atoms with Gasteiger partial charge in [-0.1, -0.05) is 37.3 Å². The van der Waals surface area contributed by atoms with E-state index in [1.807, 2.05) is 31.2 Å². The monoisotopic (exact) mass is 444 g/mol. The molecule has 2 atom stereocenters. The van der Waals surface area contributed by atoms with Gasteiger partial charge in [-0.25, -0.2) is 0 Å². The summed E-state index contributed by atoms with van der Waals surface area (Å²) in [5, 5.41) is 0.363. The summed E-state index contributed by atoms with van der Waals surface area (Å²) in [6.07, 6.45) is 2.26. The first-order valence-corrected chi connectivity index (χ1v) is 11.5. The molecule has 4 heterocycles. The summed E-state index contributed by atoms with van der Waals surface area (Å²) in [6.45, 7) is 3.34. The van der Waals surface area contributed by atoms with Crippen LogP contribution in [0.2, 0.25) is 0 Å². The maximum atomic E-state index is 14.3. The fourth-order valence-electron chi connectivity index (χ4n) is 5.63. The minimum atomic E-state index is -1.55. The molecule has 1 spiro atoms. The first kappa shape index (κ1) is 20.2. The molecule has 168 valence electrons. The Kier molecular flexibility index (Phi) is 4.45. The molecular formula is C26H24N2O5. The number of carbonyl (C=O) groups excluding carboxylic acids is 2. The highest BCUT2D eigenvalue weighted by molar-refractivity contribution is 6.17. The second kappa shape index (κ2) is 7.28. The lowest BCUT2D eigenvalue weighted by molar-refractivity contribution is -0.126. The van der Waals surface area contributed by atoms with Gasteiger partial charge >= 0.3 is 0 Å². The van der Waals surface area contributed by atoms with Crippen molar-refractivity contribution < 1.29 is 18.7 Å². The zero-order chi connectivity index (χ0) is 22.7. The number of carbonyl (C=O) groups is 2. The van der Waals surface area contributed by atoms with Crippen molar-refractivity contribution in [2.75, 3.05) is 24.6 Å². The van der Waals surface area contributed by atoms with Crippen molar-refractivity contribution in [2.45, 2.75) is 37.8 Å². The number of benzene rings is 2. The number of rotatable bonds is 4. The molecule has 3 aliphatic rings. The van der Waals surface area contributed by atoms with Gasteiger partial charge in [0.15, 0.2) is 11.0 Å². The van der Waals surface area contributed by atoms with Gasteiger partial charge in [-0.05, 0) is 37.5 Å². The van der Waals surface area contributed by atoms with Crippen LogP contribution in [0.25, 0.3) is 11.0 Å². The van der Waals surface area contributed by atoms with Crippen LogP contribution in [0.15, 0.2) is 57.7 Å². The topological polar surface area (TPSA) is 80.1 Å². The maximum Gasteiger partial charge on any atom is 0.291 e. The van der Waals surface area contributed by atoms with Crippen molar-refractivity contribution in [3.8, 4) is 0 Å². The van der Waals surface area contributed by atoms with Crippen molar-refractivity contribution in [2.24, 2.45) is 0 Å². The molecule has 1 fully saturated rings. The van der Waals surface area contributed by atoms with Gasteiger partial charge in [0.1, 0.15) is 5.58 Å². The molecule has 7 nitrogen and oxygen atoms in total. The van der Waals surface area contributed by atoms with E-state index in [1.165, 1.54) is 4.90 Å². The van der Waals surface area contributed by atoms with Crippen LogP contribution in [-0.2, 0) is 15.1 Å². The van der Waals surface area contributed by atoms with Gasteiger partial charge < -0.3 is 19.0 Å². The zero-order valence-corrected chi connectivity index (χ0v) is 18.4. The van der Waals surface area contributed by atoms with E-state index in [1.54, 1.807) is 29.2 Å². The third-order valence-electron chi connectivity index (χ3n) is 7.00. The van der Waals surface area contributed by atoms with Gasteiger partial charge in [-0.15, -0.1) is 0 Å². The lowest BCUT2D eigenvalue weighted by Gasteiger charge is -2.35. The highest BCUT2D eigenvalue weighted by Gasteiger charge is 2.65. The van der Waals surface area contributed by atoms with Gasteiger partial charge in [-0.3, -0.25) is 14.4 Å². The molecule has 0 radical (unpaired) electrons. The van der Waals surface area contributed by atoms with E-state index >= 15 is 0 Å². The van der Waals surface area contributed by atoms with E-state index in [9.17, 15) is 14.4 Å². The molecule has 6 rings (SSSR count). The molecule has 33 heavy (non-hydrogen) atoms. The van der Waals surface area contributed by atoms with Crippen LogP contribution >= 0.6 is 0 Å². The van der Waals surface area contributed by atoms with Gasteiger partial charge in [0.05, 0.1) is 22.7 Å². The van der Waals surface area contributed by atoms with Gasteiger partial charge in [0.2, 0.25) is 5.76 Å². The van der Waals surface area contributed by atoms with Crippen molar-refractivity contribution in [1.29, 1.82) is 0 Å². The molecule has 3 aliphatic heterocycles. The average molecular weight is 444 g/mol. The van der Waals surface area contributed by atoms with Crippen LogP contribution in [-0.4, -0.2) is 42.5 Å². The van der Waals surface area contributed by atoms with Crippen molar-refractivity contribution in [3.63, 3.8) is 0 Å². The smallest absolute Gasteiger partial charge is 0.291 e. The number of hydrogen-bond donors (Lipinski definition) is 0. The third kappa shape index (κ3) is 2.57. The second-order valence-corrected chi connectivity index (χ2v) is 8.87. The second-order valence-electron chi connectivity index (χ2n) is 8.87. The van der Waals surface area contributed by atoms with Gasteiger partial charge in [0, 0.05) is 25.3 Å². The summed E-state index contributed by atoms with van der Waals surface area (Å²) >= 11 is 0. The van der Waals surface area contributed by atoms with Crippen molar-refractivity contribution in [3.05, 3.63) is 75.6 Å². The van der Waals surface area contributed by atoms with E-state index < -0.39 is 11.4 Å². The Labute approximate surface area is 190 Å². The largest absolute Gasteiger partial charge is 0.450 e. The molecule has 1 aromatic heterocycles. The Morgan fingerprint density at radius 1 is 1.06 bits per heavy atom. The average Bonchev–Trinajstić information content (AvgIpc) is 3.49. The Bertz CT molecular complexity index is 1360. The maximum absolute atomic E-state index is 14.3. The Hall–Kier alpha value is -3.45. The summed E-state index contributed by atoms with van der Waals surface area (Å²) in [6, 6.07) is 14.3. The fourth-order valence-corrected chi connectivity index (χ4v) is 5.63. The molecule has 1 saturated heterocycles. The van der Waals surface area contributed by atoms with Crippen LogP contribution in [0.3, 0.4) is 0 Å². The van der Waals surface area contributed by atoms with E-state index in [2.05, 4.69) is 0 Å². The summed E-state index contributed by atoms with van der Waals surface area (Å²) in [5.41, 5.74) is -0.0370. The summed E-state index contributed by atoms with van der Waals surface area (Å²) in [7, 11) is 0. The number of amides is 2. The normalized spacial score (nSPS) is 23.7. The Morgan fingerprint density at radius 3 is 2.64 bits per heavy atom. The summed E-state index contributed by atoms with van der Waals surface area (Å²) < 4.78 is 11.9. The van der Waals surface area contributed by atoms with Crippen LogP contribution in [0.4, 0.5) is 5.69 Å². The van der Waals surface area contributed by atoms with Crippen LogP contribution in [0.5, 0.6) is 0 Å². The van der Waals surface area contributed by atoms with Crippen LogP contribution < -0.4 is 10.3 Å². The quantitative estimate of drug-likeness (QED) is 0.616. The number of nitrogens with zero attached hydrogens (tertiary/aromatic N) is 2. The van der Waals surface area contributed by atoms with Gasteiger partial charge in [0.25, 0.3) is 11.8 Å². The SMILES string of the molecule is CCCN1C(=O)[C@@]2(c3ccccc31)c1c(oc3ccccc3c1=O)C(=O)N2C[C@H]1CCCO1. The number of anilines is 1. The number of ether oxygens (including phenoxy) is 1. The van der Waals surface area contributed by atoms with E-state index in [-0.39, 0.29) is 35.3 Å². The Balaban J connectivity index is 1.68. The van der Waals surface area contributed by atoms with Crippen LogP contribution in [0.1, 0.15) is 47.9 Å². The number of para-hydroxylation sites is 2. The van der Waals surface area contributed by atoms with Gasteiger partial charge in [-0.2, -0.15) is 0 Å². The molecule has 0 bridgehead atoms. The molecule has 0 aliphatic carbocycles. The van der Waals surface area contributed by atoms with Crippen molar-refractivity contribution in [1.82, 2.24) is 4.90 Å². The molecule has 0 unspecified atom stereocenters. The summed E-state index contributed by atoms with van der Waals surface area (Å²) in [5.74, 6) is -0.763. The molecule has 7 heteroatoms. The molecule has 0 saturated carbocycles. The van der Waals surface area contributed by atoms with Crippen LogP contribution in [0, 0.1) is 0 Å². The Morgan fingerprint density at radius 2 is 1.85 bits per heavy atom. The molecular weight excluding hydrogens is 420 g/mol. The first-order valence-electron chi connectivity index (χ1n) is 11.5. The standard InChI is InChI=1S/C26H24N2O5/c1-2-13-27-19-11-5-4-10-18(19)26(25(27)31)21-22(29)17-9-3-6-12-20(17)33-23(21)24(30)28(26)15-16-8-7-14-32-16/h3-6,9-12,16H,2,7-8,13-15H2,1H3/t16-,26-/m1/s1. The van der Waals surface area contributed by atoms with E-state index in [4.69, 9.17) is 9.15 Å². The minimum absolute atomic E-state index is 0.0433. The predicted octanol–water partition coefficient (Wildman–Crippen LogP) is 3.43. The van der Waals surface area contributed by atoms with Crippen molar-refractivity contribution >= 4 is 28.5 Å². The fraction of sp³-hybridized carbons (Fsp3) is 0.346. The number of fused-ring (bicyclic) bond motifs is 5. The lowest BCUT2D eigenvalue weighted by Crippen LogP contribution is -2.55. The third-order valence-corrected chi connectivity index (χ3v) is 7.00. The molecule has 2 amide bonds. The van der Waals surface area contributed by atoms with E-state index in [0.29, 0.717) is 29.7 Å². The zero-order valence-electron chi connectivity index (χ0n) is 18.4. The molecule has 0 N–H and O–H groups in total. The predicted molar refractivity (Wildman–Crippen MR) is 122 cm³/mol. The highest BCUT2D eigenvalue weighted by Crippen LogP contribution is 2.52. The summed E-state index contributed by atoms with van der Waals surface area (Å²) in [4.78, 5) is 45.2. The minimum Gasteiger partial charge on any atom is -0.450 e. The number of hydrogen-bond acceptors (Lipinski definition) is 5. The first-order chi connectivity index (χ1) is 16.1. The van der Waals surface area contributed by atoms with E-state index in [0.717, 1.165) is 24.9 Å². The molecule has 2 aromatic carbocycles. The highest BCUT2D eigenvalue weighted by atomic mass is 16.5. The lowest BCUT2D eigenvalue weighted by atomic mass is 9.83.